The highest BCUT2D eigenvalue weighted by molar-refractivity contribution is 8.00. The monoisotopic (exact) mass is 464 g/mol. The third-order valence-electron chi connectivity index (χ3n) is 4.95. The summed E-state index contributed by atoms with van der Waals surface area (Å²) in [7, 11) is 3.20. The van der Waals surface area contributed by atoms with Crippen molar-refractivity contribution in [3.8, 4) is 0 Å². The minimum absolute atomic E-state index is 0.198. The molecule has 158 valence electrons. The number of aromatic nitrogens is 1. The number of thioether (sulfide) groups is 1. The van der Waals surface area contributed by atoms with Crippen molar-refractivity contribution in [2.45, 2.75) is 24.8 Å². The van der Waals surface area contributed by atoms with Gasteiger partial charge in [0.05, 0.1) is 34.5 Å². The second kappa shape index (κ2) is 9.33. The van der Waals surface area contributed by atoms with Gasteiger partial charge in [-0.2, -0.15) is 0 Å². The molecule has 1 amide bonds. The molecule has 0 bridgehead atoms. The number of aryl methyl sites for hydroxylation is 2. The third-order valence-corrected chi connectivity index (χ3v) is 6.91. The number of nitrogens with zero attached hydrogens (tertiary/aromatic N) is 1. The van der Waals surface area contributed by atoms with E-state index in [4.69, 9.17) is 23.2 Å². The maximum absolute atomic E-state index is 12.9. The number of amides is 1. The molecule has 1 heterocycles. The molecule has 2 aromatic carbocycles. The molecule has 5 nitrogen and oxygen atoms in total. The van der Waals surface area contributed by atoms with E-state index in [2.05, 4.69) is 10.1 Å². The first-order chi connectivity index (χ1) is 14.2. The van der Waals surface area contributed by atoms with Crippen LogP contribution < -0.4 is 5.32 Å². The first-order valence-electron chi connectivity index (χ1n) is 9.27. The van der Waals surface area contributed by atoms with Crippen molar-refractivity contribution in [2.24, 2.45) is 7.05 Å². The average molecular weight is 465 g/mol. The number of carbonyl (C=O) groups excluding carboxylic acids is 2. The van der Waals surface area contributed by atoms with Gasteiger partial charge < -0.3 is 14.6 Å². The number of ether oxygens (including phenoxy) is 1. The zero-order valence-corrected chi connectivity index (χ0v) is 19.4. The molecule has 0 fully saturated rings. The molecule has 30 heavy (non-hydrogen) atoms. The Balaban J connectivity index is 1.75. The SMILES string of the molecule is COC(=O)CSc1ccc([C@@H](C)NC(=O)c2cc3c(Cl)c(Cl)c(C)cc3n2C)cc1. The van der Waals surface area contributed by atoms with Gasteiger partial charge in [-0.1, -0.05) is 35.3 Å². The van der Waals surface area contributed by atoms with Gasteiger partial charge in [-0.05, 0) is 49.2 Å². The second-order valence-electron chi connectivity index (χ2n) is 6.97. The number of carbonyl (C=O) groups is 2. The van der Waals surface area contributed by atoms with Crippen LogP contribution >= 0.6 is 35.0 Å². The lowest BCUT2D eigenvalue weighted by molar-refractivity contribution is -0.137. The van der Waals surface area contributed by atoms with Crippen LogP contribution in [-0.4, -0.2) is 29.3 Å². The van der Waals surface area contributed by atoms with E-state index >= 15 is 0 Å². The van der Waals surface area contributed by atoms with Gasteiger partial charge in [0.15, 0.2) is 0 Å². The number of hydrogen-bond acceptors (Lipinski definition) is 4. The number of rotatable bonds is 6. The van der Waals surface area contributed by atoms with E-state index in [1.165, 1.54) is 18.9 Å². The minimum atomic E-state index is -0.267. The zero-order chi connectivity index (χ0) is 22.0. The third kappa shape index (κ3) is 4.61. The standard InChI is InChI=1S/C22H22Cl2N2O3S/c1-12-9-17-16(21(24)20(12)23)10-18(26(17)3)22(28)25-13(2)14-5-7-15(8-6-14)30-11-19(27)29-4/h5-10,13H,11H2,1-4H3,(H,25,28)/t13-/m1/s1. The van der Waals surface area contributed by atoms with Crippen molar-refractivity contribution in [3.05, 3.63) is 63.3 Å². The Morgan fingerprint density at radius 1 is 1.17 bits per heavy atom. The van der Waals surface area contributed by atoms with Crippen molar-refractivity contribution < 1.29 is 14.3 Å². The van der Waals surface area contributed by atoms with Gasteiger partial charge in [0.2, 0.25) is 0 Å². The molecule has 0 unspecified atom stereocenters. The topological polar surface area (TPSA) is 60.3 Å². The first kappa shape index (κ1) is 22.5. The van der Waals surface area contributed by atoms with Crippen LogP contribution in [0.4, 0.5) is 0 Å². The van der Waals surface area contributed by atoms with E-state index < -0.39 is 0 Å². The molecule has 0 aliphatic carbocycles. The Labute approximate surface area is 189 Å². The predicted octanol–water partition coefficient (Wildman–Crippen LogP) is 5.55. The molecule has 0 saturated carbocycles. The normalized spacial score (nSPS) is 12.1. The highest BCUT2D eigenvalue weighted by atomic mass is 35.5. The lowest BCUT2D eigenvalue weighted by Crippen LogP contribution is -2.28. The molecule has 0 aliphatic rings. The van der Waals surface area contributed by atoms with Crippen LogP contribution in [0, 0.1) is 6.92 Å². The Bertz CT molecular complexity index is 1110. The molecular weight excluding hydrogens is 443 g/mol. The largest absolute Gasteiger partial charge is 0.468 e. The van der Waals surface area contributed by atoms with Gasteiger partial charge in [0.1, 0.15) is 5.69 Å². The van der Waals surface area contributed by atoms with Crippen molar-refractivity contribution in [1.29, 1.82) is 0 Å². The number of benzene rings is 2. The van der Waals surface area contributed by atoms with Gasteiger partial charge in [-0.15, -0.1) is 11.8 Å². The van der Waals surface area contributed by atoms with Crippen molar-refractivity contribution >= 4 is 57.7 Å². The quantitative estimate of drug-likeness (QED) is 0.383. The molecular formula is C22H22Cl2N2O3S. The minimum Gasteiger partial charge on any atom is -0.468 e. The van der Waals surface area contributed by atoms with Gasteiger partial charge in [0, 0.05) is 17.3 Å². The Morgan fingerprint density at radius 3 is 2.47 bits per heavy atom. The summed E-state index contributed by atoms with van der Waals surface area (Å²) in [5.41, 5.74) is 3.18. The van der Waals surface area contributed by atoms with Gasteiger partial charge in [-0.3, -0.25) is 9.59 Å². The molecule has 0 spiro atoms. The van der Waals surface area contributed by atoms with Crippen LogP contribution in [0.15, 0.2) is 41.3 Å². The van der Waals surface area contributed by atoms with Crippen molar-refractivity contribution in [2.75, 3.05) is 12.9 Å². The van der Waals surface area contributed by atoms with E-state index in [-0.39, 0.29) is 23.7 Å². The van der Waals surface area contributed by atoms with Crippen LogP contribution in [0.5, 0.6) is 0 Å². The number of esters is 1. The number of nitrogens with one attached hydrogen (secondary N) is 1. The van der Waals surface area contributed by atoms with Crippen LogP contribution in [0.1, 0.15) is 34.6 Å². The summed E-state index contributed by atoms with van der Waals surface area (Å²) in [4.78, 5) is 25.1. The summed E-state index contributed by atoms with van der Waals surface area (Å²) >= 11 is 14.0. The molecule has 3 rings (SSSR count). The van der Waals surface area contributed by atoms with Crippen LogP contribution in [0.25, 0.3) is 10.9 Å². The molecule has 1 aromatic heterocycles. The van der Waals surface area contributed by atoms with Gasteiger partial charge in [0.25, 0.3) is 5.91 Å². The lowest BCUT2D eigenvalue weighted by Gasteiger charge is -2.15. The average Bonchev–Trinajstić information content (AvgIpc) is 3.07. The summed E-state index contributed by atoms with van der Waals surface area (Å²) in [6.07, 6.45) is 0. The molecule has 0 radical (unpaired) electrons. The summed E-state index contributed by atoms with van der Waals surface area (Å²) in [5, 5.41) is 4.73. The Hall–Kier alpha value is -2.15. The zero-order valence-electron chi connectivity index (χ0n) is 17.1. The Kier molecular flexibility index (Phi) is 7.01. The molecule has 0 saturated heterocycles. The summed E-state index contributed by atoms with van der Waals surface area (Å²) in [6.45, 7) is 3.81. The maximum atomic E-state index is 12.9. The van der Waals surface area contributed by atoms with Crippen molar-refractivity contribution in [1.82, 2.24) is 9.88 Å². The van der Waals surface area contributed by atoms with Crippen LogP contribution in [0.2, 0.25) is 10.0 Å². The number of hydrogen-bond donors (Lipinski definition) is 1. The fourth-order valence-electron chi connectivity index (χ4n) is 3.15. The smallest absolute Gasteiger partial charge is 0.315 e. The predicted molar refractivity (Wildman–Crippen MR) is 123 cm³/mol. The number of fused-ring (bicyclic) bond motifs is 1. The number of halogens is 2. The summed E-state index contributed by atoms with van der Waals surface area (Å²) in [5.74, 6) is -0.207. The van der Waals surface area contributed by atoms with Gasteiger partial charge >= 0.3 is 5.97 Å². The molecule has 1 atom stereocenters. The fourth-order valence-corrected chi connectivity index (χ4v) is 4.34. The molecule has 1 N–H and O–H groups in total. The molecule has 3 aromatic rings. The van der Waals surface area contributed by atoms with Crippen molar-refractivity contribution in [3.63, 3.8) is 0 Å². The fraction of sp³-hybridized carbons (Fsp3) is 0.273. The highest BCUT2D eigenvalue weighted by Gasteiger charge is 2.19. The molecule has 8 heteroatoms. The lowest BCUT2D eigenvalue weighted by atomic mass is 10.1. The summed E-state index contributed by atoms with van der Waals surface area (Å²) in [6, 6.07) is 11.2. The van der Waals surface area contributed by atoms with E-state index in [1.54, 1.807) is 6.07 Å². The van der Waals surface area contributed by atoms with Crippen LogP contribution in [0.3, 0.4) is 0 Å². The molecule has 0 aliphatic heterocycles. The first-order valence-corrected chi connectivity index (χ1v) is 11.0. The maximum Gasteiger partial charge on any atom is 0.315 e. The van der Waals surface area contributed by atoms with E-state index in [1.807, 2.05) is 55.8 Å². The summed E-state index contributed by atoms with van der Waals surface area (Å²) < 4.78 is 6.47. The van der Waals surface area contributed by atoms with Gasteiger partial charge in [-0.25, -0.2) is 0 Å². The second-order valence-corrected chi connectivity index (χ2v) is 8.78. The van der Waals surface area contributed by atoms with E-state index in [0.29, 0.717) is 15.7 Å². The Morgan fingerprint density at radius 2 is 1.83 bits per heavy atom. The highest BCUT2D eigenvalue weighted by Crippen LogP contribution is 2.35. The van der Waals surface area contributed by atoms with Crippen LogP contribution in [-0.2, 0) is 16.6 Å². The number of methoxy groups -OCH3 is 1. The van der Waals surface area contributed by atoms with E-state index in [9.17, 15) is 9.59 Å². The van der Waals surface area contributed by atoms with E-state index in [0.717, 1.165) is 26.9 Å².